The second-order valence-corrected chi connectivity index (χ2v) is 7.09. The van der Waals surface area contributed by atoms with Crippen LogP contribution in [0.2, 0.25) is 0 Å². The van der Waals surface area contributed by atoms with Crippen molar-refractivity contribution in [1.82, 2.24) is 25.1 Å². The predicted octanol–water partition coefficient (Wildman–Crippen LogP) is 3.04. The van der Waals surface area contributed by atoms with E-state index in [1.165, 1.54) is 12.1 Å². The van der Waals surface area contributed by atoms with Gasteiger partial charge in [-0.3, -0.25) is 0 Å². The quantitative estimate of drug-likeness (QED) is 0.712. The topological polar surface area (TPSA) is 78.9 Å². The SMILES string of the molecule is CC(C)(C)c1noc(-c2nnn3c2CO[C@@H](c2ccc(F)cc2)C3)n1. The fourth-order valence-electron chi connectivity index (χ4n) is 2.68. The first-order valence-corrected chi connectivity index (χ1v) is 8.06. The lowest BCUT2D eigenvalue weighted by Crippen LogP contribution is -2.22. The fraction of sp³-hybridized carbons (Fsp3) is 0.412. The van der Waals surface area contributed by atoms with Crippen LogP contribution in [0.5, 0.6) is 0 Å². The van der Waals surface area contributed by atoms with E-state index in [9.17, 15) is 4.39 Å². The fourth-order valence-corrected chi connectivity index (χ4v) is 2.68. The molecule has 0 saturated carbocycles. The van der Waals surface area contributed by atoms with Crippen LogP contribution in [0, 0.1) is 5.82 Å². The van der Waals surface area contributed by atoms with Crippen LogP contribution in [0.3, 0.4) is 0 Å². The third-order valence-corrected chi connectivity index (χ3v) is 4.14. The van der Waals surface area contributed by atoms with Crippen molar-refractivity contribution in [2.24, 2.45) is 0 Å². The summed E-state index contributed by atoms with van der Waals surface area (Å²) in [6, 6.07) is 6.29. The van der Waals surface area contributed by atoms with E-state index in [1.54, 1.807) is 16.8 Å². The second-order valence-electron chi connectivity index (χ2n) is 7.09. The van der Waals surface area contributed by atoms with Gasteiger partial charge in [0.15, 0.2) is 11.5 Å². The smallest absolute Gasteiger partial charge is 0.280 e. The Morgan fingerprint density at radius 1 is 1.20 bits per heavy atom. The van der Waals surface area contributed by atoms with Crippen LogP contribution in [0.4, 0.5) is 4.39 Å². The molecule has 0 aliphatic carbocycles. The highest BCUT2D eigenvalue weighted by atomic mass is 19.1. The molecule has 0 fully saturated rings. The molecule has 3 aromatic rings. The van der Waals surface area contributed by atoms with Gasteiger partial charge >= 0.3 is 0 Å². The highest BCUT2D eigenvalue weighted by molar-refractivity contribution is 5.50. The zero-order valence-corrected chi connectivity index (χ0v) is 14.2. The molecule has 25 heavy (non-hydrogen) atoms. The zero-order valence-electron chi connectivity index (χ0n) is 14.2. The Morgan fingerprint density at radius 2 is 1.96 bits per heavy atom. The summed E-state index contributed by atoms with van der Waals surface area (Å²) >= 11 is 0. The van der Waals surface area contributed by atoms with Gasteiger partial charge in [-0.05, 0) is 17.7 Å². The van der Waals surface area contributed by atoms with Crippen molar-refractivity contribution >= 4 is 0 Å². The van der Waals surface area contributed by atoms with Crippen LogP contribution in [0.15, 0.2) is 28.8 Å². The maximum atomic E-state index is 13.1. The molecule has 0 unspecified atom stereocenters. The third-order valence-electron chi connectivity index (χ3n) is 4.14. The van der Waals surface area contributed by atoms with Crippen molar-refractivity contribution in [2.45, 2.75) is 45.4 Å². The highest BCUT2D eigenvalue weighted by Gasteiger charge is 2.29. The third kappa shape index (κ3) is 2.93. The van der Waals surface area contributed by atoms with Gasteiger partial charge < -0.3 is 9.26 Å². The summed E-state index contributed by atoms with van der Waals surface area (Å²) in [5, 5.41) is 12.4. The number of nitrogens with zero attached hydrogens (tertiary/aromatic N) is 5. The van der Waals surface area contributed by atoms with E-state index in [4.69, 9.17) is 9.26 Å². The summed E-state index contributed by atoms with van der Waals surface area (Å²) in [5.41, 5.74) is 2.03. The Bertz CT molecular complexity index is 895. The Balaban J connectivity index is 1.60. The Labute approximate surface area is 143 Å². The standard InChI is InChI=1S/C17H18FN5O2/c1-17(2,3)16-19-15(25-21-16)14-12-9-24-13(8-23(12)22-20-14)10-4-6-11(18)7-5-10/h4-7,13H,8-9H2,1-3H3/t13-/m1/s1. The van der Waals surface area contributed by atoms with Crippen molar-refractivity contribution < 1.29 is 13.7 Å². The van der Waals surface area contributed by atoms with Gasteiger partial charge in [0.2, 0.25) is 0 Å². The highest BCUT2D eigenvalue weighted by Crippen LogP contribution is 2.31. The molecule has 130 valence electrons. The lowest BCUT2D eigenvalue weighted by Gasteiger charge is -2.24. The molecule has 8 heteroatoms. The molecule has 4 rings (SSSR count). The minimum Gasteiger partial charge on any atom is -0.365 e. The second kappa shape index (κ2) is 5.73. The maximum Gasteiger partial charge on any atom is 0.280 e. The van der Waals surface area contributed by atoms with Crippen LogP contribution in [0.1, 0.15) is 44.0 Å². The number of aromatic nitrogens is 5. The number of hydrogen-bond acceptors (Lipinski definition) is 6. The molecule has 2 aromatic heterocycles. The van der Waals surface area contributed by atoms with Gasteiger partial charge in [-0.2, -0.15) is 4.98 Å². The number of halogens is 1. The number of hydrogen-bond donors (Lipinski definition) is 0. The number of ether oxygens (including phenoxy) is 1. The van der Waals surface area contributed by atoms with E-state index in [1.807, 2.05) is 20.8 Å². The van der Waals surface area contributed by atoms with Gasteiger partial charge in [-0.15, -0.1) is 5.10 Å². The van der Waals surface area contributed by atoms with E-state index in [2.05, 4.69) is 20.5 Å². The summed E-state index contributed by atoms with van der Waals surface area (Å²) < 4.78 is 26.1. The van der Waals surface area contributed by atoms with Crippen molar-refractivity contribution in [3.8, 4) is 11.6 Å². The normalized spacial score (nSPS) is 17.5. The first kappa shape index (κ1) is 15.9. The minimum atomic E-state index is -0.269. The zero-order chi connectivity index (χ0) is 17.6. The summed E-state index contributed by atoms with van der Waals surface area (Å²) in [6.45, 7) is 6.85. The number of benzene rings is 1. The van der Waals surface area contributed by atoms with E-state index in [0.29, 0.717) is 30.6 Å². The number of rotatable bonds is 2. The van der Waals surface area contributed by atoms with Crippen LogP contribution < -0.4 is 0 Å². The molecule has 0 amide bonds. The molecule has 1 aliphatic rings. The van der Waals surface area contributed by atoms with Gasteiger partial charge in [0.1, 0.15) is 11.9 Å². The van der Waals surface area contributed by atoms with Crippen LogP contribution in [-0.2, 0) is 23.3 Å². The molecular weight excluding hydrogens is 325 g/mol. The van der Waals surface area contributed by atoms with Gasteiger partial charge in [0, 0.05) is 5.41 Å². The van der Waals surface area contributed by atoms with Crippen molar-refractivity contribution in [2.75, 3.05) is 0 Å². The molecule has 0 saturated heterocycles. The average Bonchev–Trinajstić information content (AvgIpc) is 3.21. The van der Waals surface area contributed by atoms with Crippen molar-refractivity contribution in [3.05, 3.63) is 47.2 Å². The molecule has 1 atom stereocenters. The summed E-state index contributed by atoms with van der Waals surface area (Å²) in [5.74, 6) is 0.689. The molecule has 0 bridgehead atoms. The molecule has 1 aromatic carbocycles. The van der Waals surface area contributed by atoms with Gasteiger partial charge in [-0.1, -0.05) is 43.3 Å². The minimum absolute atomic E-state index is 0.199. The van der Waals surface area contributed by atoms with Crippen LogP contribution in [0.25, 0.3) is 11.6 Å². The summed E-state index contributed by atoms with van der Waals surface area (Å²) in [6.07, 6.45) is -0.199. The Morgan fingerprint density at radius 3 is 2.64 bits per heavy atom. The first-order valence-electron chi connectivity index (χ1n) is 8.06. The molecular formula is C17H18FN5O2. The Kier molecular flexibility index (Phi) is 3.64. The van der Waals surface area contributed by atoms with Gasteiger partial charge in [0.25, 0.3) is 5.89 Å². The Hall–Kier alpha value is -2.61. The van der Waals surface area contributed by atoms with Gasteiger partial charge in [0.05, 0.1) is 18.8 Å². The van der Waals surface area contributed by atoms with E-state index in [0.717, 1.165) is 11.3 Å². The largest absolute Gasteiger partial charge is 0.365 e. The van der Waals surface area contributed by atoms with E-state index >= 15 is 0 Å². The summed E-state index contributed by atoms with van der Waals surface area (Å²) in [4.78, 5) is 4.43. The van der Waals surface area contributed by atoms with Crippen molar-refractivity contribution in [3.63, 3.8) is 0 Å². The lowest BCUT2D eigenvalue weighted by atomic mass is 9.96. The number of fused-ring (bicyclic) bond motifs is 1. The molecule has 3 heterocycles. The first-order chi connectivity index (χ1) is 11.9. The molecule has 7 nitrogen and oxygen atoms in total. The lowest BCUT2D eigenvalue weighted by molar-refractivity contribution is -0.00120. The van der Waals surface area contributed by atoms with E-state index < -0.39 is 0 Å². The van der Waals surface area contributed by atoms with E-state index in [-0.39, 0.29) is 17.3 Å². The van der Waals surface area contributed by atoms with Crippen LogP contribution >= 0.6 is 0 Å². The monoisotopic (exact) mass is 343 g/mol. The predicted molar refractivity (Wildman–Crippen MR) is 85.9 cm³/mol. The summed E-state index contributed by atoms with van der Waals surface area (Å²) in [7, 11) is 0. The molecule has 1 aliphatic heterocycles. The van der Waals surface area contributed by atoms with Crippen LogP contribution in [-0.4, -0.2) is 25.1 Å². The maximum absolute atomic E-state index is 13.1. The molecule has 0 N–H and O–H groups in total. The molecule has 0 radical (unpaired) electrons. The van der Waals surface area contributed by atoms with Gasteiger partial charge in [-0.25, -0.2) is 9.07 Å². The average molecular weight is 343 g/mol. The molecule has 0 spiro atoms. The van der Waals surface area contributed by atoms with Crippen molar-refractivity contribution in [1.29, 1.82) is 0 Å².